The molecule has 1 unspecified atom stereocenters. The van der Waals surface area contributed by atoms with Gasteiger partial charge in [-0.25, -0.2) is 0 Å². The number of rotatable bonds is 2. The van der Waals surface area contributed by atoms with Gasteiger partial charge in [0.15, 0.2) is 0 Å². The lowest BCUT2D eigenvalue weighted by Crippen LogP contribution is -2.15. The van der Waals surface area contributed by atoms with Crippen LogP contribution in [-0.4, -0.2) is 6.61 Å². The molecule has 0 bridgehead atoms. The van der Waals surface area contributed by atoms with Crippen LogP contribution in [0.15, 0.2) is 24.0 Å². The summed E-state index contributed by atoms with van der Waals surface area (Å²) in [5, 5.41) is 0. The lowest BCUT2D eigenvalue weighted by Gasteiger charge is -2.18. The van der Waals surface area contributed by atoms with E-state index < -0.39 is 0 Å². The Kier molecular flexibility index (Phi) is 2.89. The van der Waals surface area contributed by atoms with Crippen LogP contribution >= 0.6 is 11.3 Å². The van der Waals surface area contributed by atoms with Gasteiger partial charge in [-0.2, -0.15) is 0 Å². The summed E-state index contributed by atoms with van der Waals surface area (Å²) in [5.74, 6) is 0. The molecule has 1 aromatic rings. The second-order valence-electron chi connectivity index (χ2n) is 3.59. The predicted octanol–water partition coefficient (Wildman–Crippen LogP) is 2.75. The fraction of sp³-hybridized carbons (Fsp3) is 0.455. The Hall–Kier alpha value is -0.800. The minimum absolute atomic E-state index is 0.0361. The van der Waals surface area contributed by atoms with Crippen LogP contribution in [0.5, 0.6) is 0 Å². The molecule has 14 heavy (non-hydrogen) atoms. The van der Waals surface area contributed by atoms with E-state index in [1.165, 1.54) is 15.3 Å². The normalized spacial score (nSPS) is 18.6. The Morgan fingerprint density at radius 2 is 2.36 bits per heavy atom. The van der Waals surface area contributed by atoms with Gasteiger partial charge in [0.2, 0.25) is 0 Å². The third kappa shape index (κ3) is 1.99. The van der Waals surface area contributed by atoms with Crippen molar-refractivity contribution in [2.24, 2.45) is 5.73 Å². The van der Waals surface area contributed by atoms with Gasteiger partial charge in [-0.1, -0.05) is 0 Å². The second-order valence-corrected chi connectivity index (χ2v) is 4.91. The smallest absolute Gasteiger partial charge is 0.0876 e. The van der Waals surface area contributed by atoms with Crippen molar-refractivity contribution < 1.29 is 4.74 Å². The Labute approximate surface area is 88.4 Å². The van der Waals surface area contributed by atoms with Crippen LogP contribution in [0.3, 0.4) is 0 Å². The van der Waals surface area contributed by atoms with Crippen molar-refractivity contribution in [1.29, 1.82) is 0 Å². The van der Waals surface area contributed by atoms with Gasteiger partial charge in [0, 0.05) is 9.75 Å². The lowest BCUT2D eigenvalue weighted by atomic mass is 10.0. The van der Waals surface area contributed by atoms with Gasteiger partial charge in [-0.3, -0.25) is 0 Å². The van der Waals surface area contributed by atoms with Gasteiger partial charge in [0.25, 0.3) is 0 Å². The van der Waals surface area contributed by atoms with Crippen molar-refractivity contribution in [3.05, 3.63) is 33.7 Å². The van der Waals surface area contributed by atoms with Gasteiger partial charge in [-0.05, 0) is 37.5 Å². The molecule has 1 aromatic heterocycles. The molecule has 1 aliphatic rings. The highest BCUT2D eigenvalue weighted by molar-refractivity contribution is 7.12. The van der Waals surface area contributed by atoms with Crippen molar-refractivity contribution in [1.82, 2.24) is 0 Å². The van der Waals surface area contributed by atoms with E-state index in [4.69, 9.17) is 10.5 Å². The SMILES string of the molecule is Cc1ccc(C(N)C2=COCCC2)s1. The molecule has 0 radical (unpaired) electrons. The van der Waals surface area contributed by atoms with E-state index in [0.29, 0.717) is 0 Å². The number of nitrogens with two attached hydrogens (primary N) is 1. The summed E-state index contributed by atoms with van der Waals surface area (Å²) in [4.78, 5) is 2.55. The van der Waals surface area contributed by atoms with E-state index in [-0.39, 0.29) is 6.04 Å². The van der Waals surface area contributed by atoms with Crippen molar-refractivity contribution in [2.75, 3.05) is 6.61 Å². The molecular formula is C11H15NOS. The first-order valence-corrected chi connectivity index (χ1v) is 5.71. The highest BCUT2D eigenvalue weighted by Gasteiger charge is 2.16. The summed E-state index contributed by atoms with van der Waals surface area (Å²) in [7, 11) is 0. The van der Waals surface area contributed by atoms with E-state index in [9.17, 15) is 0 Å². The first-order chi connectivity index (χ1) is 6.77. The summed E-state index contributed by atoms with van der Waals surface area (Å²) >= 11 is 1.77. The zero-order valence-electron chi connectivity index (χ0n) is 8.32. The number of hydrogen-bond donors (Lipinski definition) is 1. The van der Waals surface area contributed by atoms with Gasteiger partial charge in [0.1, 0.15) is 0 Å². The Morgan fingerprint density at radius 1 is 1.50 bits per heavy atom. The highest BCUT2D eigenvalue weighted by atomic mass is 32.1. The number of ether oxygens (including phenoxy) is 1. The molecule has 0 amide bonds. The van der Waals surface area contributed by atoms with E-state index in [0.717, 1.165) is 19.4 Å². The second kappa shape index (κ2) is 4.15. The third-order valence-corrected chi connectivity index (χ3v) is 3.51. The maximum Gasteiger partial charge on any atom is 0.0876 e. The van der Waals surface area contributed by atoms with Crippen molar-refractivity contribution in [3.8, 4) is 0 Å². The minimum atomic E-state index is 0.0361. The van der Waals surface area contributed by atoms with Gasteiger partial charge >= 0.3 is 0 Å². The average molecular weight is 209 g/mol. The molecule has 2 nitrogen and oxygen atoms in total. The summed E-state index contributed by atoms with van der Waals surface area (Å²) < 4.78 is 5.29. The molecular weight excluding hydrogens is 194 g/mol. The van der Waals surface area contributed by atoms with Gasteiger partial charge in [0.05, 0.1) is 18.9 Å². The molecule has 0 saturated carbocycles. The largest absolute Gasteiger partial charge is 0.501 e. The molecule has 0 saturated heterocycles. The fourth-order valence-corrected chi connectivity index (χ4v) is 2.54. The van der Waals surface area contributed by atoms with Crippen LogP contribution < -0.4 is 5.73 Å². The number of aryl methyl sites for hydroxylation is 1. The summed E-state index contributed by atoms with van der Waals surface area (Å²) in [6.45, 7) is 2.94. The van der Waals surface area contributed by atoms with E-state index in [1.807, 2.05) is 6.26 Å². The van der Waals surface area contributed by atoms with Crippen molar-refractivity contribution in [2.45, 2.75) is 25.8 Å². The van der Waals surface area contributed by atoms with Crippen LogP contribution in [0.4, 0.5) is 0 Å². The van der Waals surface area contributed by atoms with Crippen molar-refractivity contribution >= 4 is 11.3 Å². The maximum absolute atomic E-state index is 6.15. The van der Waals surface area contributed by atoms with Crippen LogP contribution in [0.2, 0.25) is 0 Å². The fourth-order valence-electron chi connectivity index (χ4n) is 1.62. The van der Waals surface area contributed by atoms with Crippen LogP contribution in [0.1, 0.15) is 28.6 Å². The Bertz CT molecular complexity index is 343. The topological polar surface area (TPSA) is 35.2 Å². The molecule has 2 heterocycles. The maximum atomic E-state index is 6.15. The van der Waals surface area contributed by atoms with Crippen molar-refractivity contribution in [3.63, 3.8) is 0 Å². The zero-order chi connectivity index (χ0) is 9.97. The van der Waals surface area contributed by atoms with E-state index in [1.54, 1.807) is 11.3 Å². The molecule has 76 valence electrons. The minimum Gasteiger partial charge on any atom is -0.501 e. The number of hydrogen-bond acceptors (Lipinski definition) is 3. The molecule has 2 N–H and O–H groups in total. The highest BCUT2D eigenvalue weighted by Crippen LogP contribution is 2.29. The third-order valence-electron chi connectivity index (χ3n) is 2.43. The molecule has 2 rings (SSSR count). The van der Waals surface area contributed by atoms with Crippen LogP contribution in [-0.2, 0) is 4.74 Å². The quantitative estimate of drug-likeness (QED) is 0.813. The zero-order valence-corrected chi connectivity index (χ0v) is 9.14. The molecule has 3 heteroatoms. The van der Waals surface area contributed by atoms with Gasteiger partial charge in [-0.15, -0.1) is 11.3 Å². The summed E-state index contributed by atoms with van der Waals surface area (Å²) in [5.41, 5.74) is 7.37. The van der Waals surface area contributed by atoms with Crippen LogP contribution in [0, 0.1) is 6.92 Å². The molecule has 0 fully saturated rings. The van der Waals surface area contributed by atoms with Gasteiger partial charge < -0.3 is 10.5 Å². The van der Waals surface area contributed by atoms with Crippen LogP contribution in [0.25, 0.3) is 0 Å². The molecule has 1 atom stereocenters. The predicted molar refractivity (Wildman–Crippen MR) is 59.3 cm³/mol. The molecule has 0 aromatic carbocycles. The lowest BCUT2D eigenvalue weighted by molar-refractivity contribution is 0.221. The molecule has 0 spiro atoms. The standard InChI is InChI=1S/C11H15NOS/c1-8-4-5-10(14-8)11(12)9-3-2-6-13-7-9/h4-5,7,11H,2-3,6,12H2,1H3. The first kappa shape index (κ1) is 9.74. The first-order valence-electron chi connectivity index (χ1n) is 4.90. The Morgan fingerprint density at radius 3 is 2.93 bits per heavy atom. The number of thiophene rings is 1. The monoisotopic (exact) mass is 209 g/mol. The Balaban J connectivity index is 2.14. The average Bonchev–Trinajstić information content (AvgIpc) is 2.65. The summed E-state index contributed by atoms with van der Waals surface area (Å²) in [6.07, 6.45) is 3.99. The molecule has 0 aliphatic carbocycles. The summed E-state index contributed by atoms with van der Waals surface area (Å²) in [6, 6.07) is 4.26. The van der Waals surface area contributed by atoms with E-state index >= 15 is 0 Å². The molecule has 1 aliphatic heterocycles. The van der Waals surface area contributed by atoms with E-state index in [2.05, 4.69) is 19.1 Å².